The lowest BCUT2D eigenvalue weighted by atomic mass is 10.0. The summed E-state index contributed by atoms with van der Waals surface area (Å²) < 4.78 is 5.55. The van der Waals surface area contributed by atoms with E-state index in [1.165, 1.54) is 0 Å². The van der Waals surface area contributed by atoms with Gasteiger partial charge in [-0.1, -0.05) is 54.1 Å². The minimum atomic E-state index is -0.635. The van der Waals surface area contributed by atoms with Crippen molar-refractivity contribution in [2.24, 2.45) is 0 Å². The topological polar surface area (TPSA) is 55.4 Å². The molecule has 0 saturated heterocycles. The number of aryl methyl sites for hydroxylation is 2. The molecule has 0 bridgehead atoms. The second kappa shape index (κ2) is 8.54. The molecule has 3 rings (SSSR count). The minimum Gasteiger partial charge on any atom is -0.456 e. The van der Waals surface area contributed by atoms with Gasteiger partial charge in [0.1, 0.15) is 5.60 Å². The van der Waals surface area contributed by atoms with Gasteiger partial charge in [0.05, 0.1) is 11.3 Å². The van der Waals surface area contributed by atoms with Crippen LogP contribution in [0.25, 0.3) is 11.1 Å². The molecule has 0 heterocycles. The summed E-state index contributed by atoms with van der Waals surface area (Å²) in [6.45, 7) is 9.29. The largest absolute Gasteiger partial charge is 0.456 e. The monoisotopic (exact) mass is 401 g/mol. The van der Waals surface area contributed by atoms with Crippen LogP contribution < -0.4 is 5.32 Å². The zero-order valence-corrected chi connectivity index (χ0v) is 18.1. The van der Waals surface area contributed by atoms with Crippen LogP contribution in [-0.2, 0) is 4.74 Å². The lowest BCUT2D eigenvalue weighted by Crippen LogP contribution is -2.25. The number of hydrogen-bond donors (Lipinski definition) is 1. The Labute approximate surface area is 177 Å². The first kappa shape index (κ1) is 21.3. The van der Waals surface area contributed by atoms with Crippen LogP contribution >= 0.6 is 0 Å². The van der Waals surface area contributed by atoms with E-state index in [4.69, 9.17) is 4.74 Å². The quantitative estimate of drug-likeness (QED) is 0.531. The maximum atomic E-state index is 13.0. The second-order valence-corrected chi connectivity index (χ2v) is 8.40. The van der Waals surface area contributed by atoms with Crippen molar-refractivity contribution in [3.8, 4) is 11.1 Å². The van der Waals surface area contributed by atoms with Gasteiger partial charge in [-0.3, -0.25) is 4.79 Å². The molecule has 154 valence electrons. The molecular weight excluding hydrogens is 374 g/mol. The molecule has 0 saturated carbocycles. The lowest BCUT2D eigenvalue weighted by Gasteiger charge is -2.21. The van der Waals surface area contributed by atoms with Gasteiger partial charge >= 0.3 is 5.97 Å². The van der Waals surface area contributed by atoms with E-state index in [2.05, 4.69) is 5.32 Å². The summed E-state index contributed by atoms with van der Waals surface area (Å²) in [5, 5.41) is 2.93. The van der Waals surface area contributed by atoms with E-state index < -0.39 is 11.6 Å². The molecule has 1 N–H and O–H groups in total. The number of benzene rings is 3. The molecule has 0 atom stereocenters. The van der Waals surface area contributed by atoms with Crippen LogP contribution in [0.2, 0.25) is 0 Å². The Morgan fingerprint density at radius 3 is 2.17 bits per heavy atom. The number of amides is 1. The highest BCUT2D eigenvalue weighted by Crippen LogP contribution is 2.28. The van der Waals surface area contributed by atoms with Crippen LogP contribution in [0.4, 0.5) is 5.69 Å². The van der Waals surface area contributed by atoms with Crippen molar-refractivity contribution in [3.05, 3.63) is 89.0 Å². The molecule has 3 aromatic rings. The van der Waals surface area contributed by atoms with Gasteiger partial charge in [0.15, 0.2) is 0 Å². The van der Waals surface area contributed by atoms with Gasteiger partial charge in [0.25, 0.3) is 5.91 Å². The average molecular weight is 402 g/mol. The molecule has 0 radical (unpaired) electrons. The van der Waals surface area contributed by atoms with E-state index in [1.807, 2.05) is 95.3 Å². The van der Waals surface area contributed by atoms with Crippen molar-refractivity contribution in [2.75, 3.05) is 5.32 Å². The van der Waals surface area contributed by atoms with Crippen LogP contribution in [0.5, 0.6) is 0 Å². The van der Waals surface area contributed by atoms with Gasteiger partial charge in [0.2, 0.25) is 0 Å². The summed E-state index contributed by atoms with van der Waals surface area (Å²) in [6.07, 6.45) is 0. The Bertz CT molecular complexity index is 1080. The molecule has 0 aliphatic rings. The van der Waals surface area contributed by atoms with Crippen molar-refractivity contribution in [3.63, 3.8) is 0 Å². The van der Waals surface area contributed by atoms with E-state index in [0.717, 1.165) is 22.3 Å². The Morgan fingerprint density at radius 2 is 1.50 bits per heavy atom. The standard InChI is InChI=1S/C26H27NO3/c1-17-11-12-18(2)22(15-17)24(28)27-23-16-20(19-9-7-6-8-10-19)13-14-21(23)25(29)30-26(3,4)5/h6-16H,1-5H3,(H,27,28). The van der Waals surface area contributed by atoms with Gasteiger partial charge in [-0.15, -0.1) is 0 Å². The van der Waals surface area contributed by atoms with E-state index >= 15 is 0 Å². The van der Waals surface area contributed by atoms with Gasteiger partial charge < -0.3 is 10.1 Å². The molecule has 0 aliphatic carbocycles. The van der Waals surface area contributed by atoms with Crippen LogP contribution in [0.1, 0.15) is 52.6 Å². The van der Waals surface area contributed by atoms with Crippen molar-refractivity contribution in [1.29, 1.82) is 0 Å². The van der Waals surface area contributed by atoms with Gasteiger partial charge in [-0.25, -0.2) is 4.79 Å². The summed E-state index contributed by atoms with van der Waals surface area (Å²) in [5.41, 5.74) is 4.46. The van der Waals surface area contributed by atoms with E-state index in [9.17, 15) is 9.59 Å². The Balaban J connectivity index is 2.03. The fourth-order valence-electron chi connectivity index (χ4n) is 3.14. The summed E-state index contributed by atoms with van der Waals surface area (Å²) in [5.74, 6) is -0.732. The summed E-state index contributed by atoms with van der Waals surface area (Å²) in [6, 6.07) is 20.9. The first-order valence-electron chi connectivity index (χ1n) is 9.95. The summed E-state index contributed by atoms with van der Waals surface area (Å²) in [7, 11) is 0. The molecular formula is C26H27NO3. The molecule has 4 nitrogen and oxygen atoms in total. The molecule has 4 heteroatoms. The molecule has 0 fully saturated rings. The molecule has 0 aromatic heterocycles. The van der Waals surface area contributed by atoms with Gasteiger partial charge in [-0.2, -0.15) is 0 Å². The van der Waals surface area contributed by atoms with Gasteiger partial charge in [0, 0.05) is 5.56 Å². The number of hydrogen-bond acceptors (Lipinski definition) is 3. The average Bonchev–Trinajstić information content (AvgIpc) is 2.69. The first-order valence-corrected chi connectivity index (χ1v) is 9.95. The minimum absolute atomic E-state index is 0.258. The number of anilines is 1. The van der Waals surface area contributed by atoms with Crippen molar-refractivity contribution < 1.29 is 14.3 Å². The van der Waals surface area contributed by atoms with Crippen LogP contribution in [-0.4, -0.2) is 17.5 Å². The number of esters is 1. The first-order chi connectivity index (χ1) is 14.1. The van der Waals surface area contributed by atoms with Crippen LogP contribution in [0.15, 0.2) is 66.7 Å². The number of rotatable bonds is 4. The molecule has 30 heavy (non-hydrogen) atoms. The zero-order chi connectivity index (χ0) is 21.9. The molecule has 1 amide bonds. The van der Waals surface area contributed by atoms with E-state index in [-0.39, 0.29) is 5.91 Å². The molecule has 3 aromatic carbocycles. The zero-order valence-electron chi connectivity index (χ0n) is 18.1. The predicted molar refractivity (Wildman–Crippen MR) is 121 cm³/mol. The van der Waals surface area contributed by atoms with Gasteiger partial charge in [-0.05, 0) is 69.5 Å². The number of carbonyl (C=O) groups is 2. The molecule has 0 spiro atoms. The van der Waals surface area contributed by atoms with E-state index in [0.29, 0.717) is 16.8 Å². The Morgan fingerprint density at radius 1 is 0.800 bits per heavy atom. The predicted octanol–water partition coefficient (Wildman–Crippen LogP) is 6.18. The van der Waals surface area contributed by atoms with Crippen molar-refractivity contribution >= 4 is 17.6 Å². The fourth-order valence-corrected chi connectivity index (χ4v) is 3.14. The Kier molecular flexibility index (Phi) is 6.06. The van der Waals surface area contributed by atoms with Crippen LogP contribution in [0, 0.1) is 13.8 Å². The maximum Gasteiger partial charge on any atom is 0.340 e. The third kappa shape index (κ3) is 5.15. The molecule has 0 aliphatic heterocycles. The fraction of sp³-hybridized carbons (Fsp3) is 0.231. The number of ether oxygens (including phenoxy) is 1. The maximum absolute atomic E-state index is 13.0. The number of carbonyl (C=O) groups excluding carboxylic acids is 2. The normalized spacial score (nSPS) is 11.1. The lowest BCUT2D eigenvalue weighted by molar-refractivity contribution is 0.00708. The third-order valence-corrected chi connectivity index (χ3v) is 4.63. The summed E-state index contributed by atoms with van der Waals surface area (Å²) in [4.78, 5) is 25.8. The van der Waals surface area contributed by atoms with E-state index in [1.54, 1.807) is 6.07 Å². The number of nitrogens with one attached hydrogen (secondary N) is 1. The smallest absolute Gasteiger partial charge is 0.340 e. The Hall–Kier alpha value is -3.40. The summed E-state index contributed by atoms with van der Waals surface area (Å²) >= 11 is 0. The highest BCUT2D eigenvalue weighted by atomic mass is 16.6. The highest BCUT2D eigenvalue weighted by Gasteiger charge is 2.22. The van der Waals surface area contributed by atoms with Crippen LogP contribution in [0.3, 0.4) is 0 Å². The SMILES string of the molecule is Cc1ccc(C)c(C(=O)Nc2cc(-c3ccccc3)ccc2C(=O)OC(C)(C)C)c1. The highest BCUT2D eigenvalue weighted by molar-refractivity contribution is 6.09. The second-order valence-electron chi connectivity index (χ2n) is 8.40. The van der Waals surface area contributed by atoms with Crippen molar-refractivity contribution in [1.82, 2.24) is 0 Å². The van der Waals surface area contributed by atoms with Crippen molar-refractivity contribution in [2.45, 2.75) is 40.2 Å². The molecule has 0 unspecified atom stereocenters. The third-order valence-electron chi connectivity index (χ3n) is 4.63.